The van der Waals surface area contributed by atoms with E-state index in [1.165, 1.54) is 0 Å². The lowest BCUT2D eigenvalue weighted by Gasteiger charge is -2.13. The summed E-state index contributed by atoms with van der Waals surface area (Å²) in [6.07, 6.45) is 3.14. The molecule has 0 saturated carbocycles. The van der Waals surface area contributed by atoms with E-state index in [1.807, 2.05) is 11.8 Å². The Balaban J connectivity index is 2.66. The molecule has 0 aliphatic heterocycles. The highest BCUT2D eigenvalue weighted by Crippen LogP contribution is 2.21. The minimum atomic E-state index is -0.317. The number of anilines is 2. The number of ether oxygens (including phenoxy) is 1. The summed E-state index contributed by atoms with van der Waals surface area (Å²) in [6, 6.07) is 5.16. The standard InChI is InChI=1S/C14H22N2O2S/c1-4-18-14(17)11-5-6-12(15)13(9-11)16-8-7-10(2)19-3/h5-6,9-10,16H,4,7-8,15H2,1-3H3. The number of hydrogen-bond donors (Lipinski definition) is 2. The van der Waals surface area contributed by atoms with Gasteiger partial charge in [0.2, 0.25) is 0 Å². The molecule has 0 fully saturated rings. The lowest BCUT2D eigenvalue weighted by molar-refractivity contribution is 0.0526. The van der Waals surface area contributed by atoms with Gasteiger partial charge < -0.3 is 15.8 Å². The number of esters is 1. The Labute approximate surface area is 119 Å². The fraction of sp³-hybridized carbons (Fsp3) is 0.500. The third-order valence-electron chi connectivity index (χ3n) is 2.83. The Morgan fingerprint density at radius 2 is 2.26 bits per heavy atom. The molecule has 1 aromatic rings. The summed E-state index contributed by atoms with van der Waals surface area (Å²) in [6.45, 7) is 5.18. The monoisotopic (exact) mass is 282 g/mol. The normalized spacial score (nSPS) is 11.9. The molecular weight excluding hydrogens is 260 g/mol. The van der Waals surface area contributed by atoms with Crippen molar-refractivity contribution >= 4 is 29.1 Å². The summed E-state index contributed by atoms with van der Waals surface area (Å²) in [5, 5.41) is 3.87. The number of nitrogens with two attached hydrogens (primary N) is 1. The smallest absolute Gasteiger partial charge is 0.338 e. The minimum Gasteiger partial charge on any atom is -0.462 e. The second-order valence-electron chi connectivity index (χ2n) is 4.28. The number of nitrogens with one attached hydrogen (secondary N) is 1. The summed E-state index contributed by atoms with van der Waals surface area (Å²) >= 11 is 1.83. The first-order valence-corrected chi connectivity index (χ1v) is 7.70. The number of carbonyl (C=O) groups is 1. The van der Waals surface area contributed by atoms with E-state index >= 15 is 0 Å². The van der Waals surface area contributed by atoms with Crippen LogP contribution < -0.4 is 11.1 Å². The van der Waals surface area contributed by atoms with Crippen LogP contribution in [-0.4, -0.2) is 30.6 Å². The van der Waals surface area contributed by atoms with Gasteiger partial charge in [0.25, 0.3) is 0 Å². The highest BCUT2D eigenvalue weighted by atomic mass is 32.2. The van der Waals surface area contributed by atoms with Gasteiger partial charge in [-0.1, -0.05) is 6.92 Å². The molecule has 1 atom stereocenters. The van der Waals surface area contributed by atoms with Crippen LogP contribution >= 0.6 is 11.8 Å². The molecule has 5 heteroatoms. The molecule has 0 aliphatic carbocycles. The van der Waals surface area contributed by atoms with Crippen molar-refractivity contribution in [2.75, 3.05) is 30.5 Å². The van der Waals surface area contributed by atoms with E-state index in [1.54, 1.807) is 25.1 Å². The van der Waals surface area contributed by atoms with Gasteiger partial charge in [0, 0.05) is 11.8 Å². The maximum absolute atomic E-state index is 11.6. The molecule has 106 valence electrons. The fourth-order valence-electron chi connectivity index (χ4n) is 1.58. The van der Waals surface area contributed by atoms with E-state index in [2.05, 4.69) is 18.5 Å². The Morgan fingerprint density at radius 3 is 2.89 bits per heavy atom. The first kappa shape index (κ1) is 15.7. The van der Waals surface area contributed by atoms with Crippen molar-refractivity contribution in [1.29, 1.82) is 0 Å². The molecule has 0 aliphatic rings. The number of carbonyl (C=O) groups excluding carboxylic acids is 1. The van der Waals surface area contributed by atoms with Crippen LogP contribution in [0.25, 0.3) is 0 Å². The van der Waals surface area contributed by atoms with E-state index in [4.69, 9.17) is 10.5 Å². The maximum Gasteiger partial charge on any atom is 0.338 e. The molecule has 0 bridgehead atoms. The largest absolute Gasteiger partial charge is 0.462 e. The van der Waals surface area contributed by atoms with Crippen LogP contribution in [0.3, 0.4) is 0 Å². The van der Waals surface area contributed by atoms with Gasteiger partial charge in [0.15, 0.2) is 0 Å². The van der Waals surface area contributed by atoms with E-state index in [9.17, 15) is 4.79 Å². The zero-order valence-corrected chi connectivity index (χ0v) is 12.5. The van der Waals surface area contributed by atoms with Crippen molar-refractivity contribution in [1.82, 2.24) is 0 Å². The van der Waals surface area contributed by atoms with Gasteiger partial charge in [-0.3, -0.25) is 0 Å². The van der Waals surface area contributed by atoms with Crippen molar-refractivity contribution in [3.63, 3.8) is 0 Å². The molecule has 1 aromatic carbocycles. The second kappa shape index (κ2) is 7.94. The molecule has 1 rings (SSSR count). The van der Waals surface area contributed by atoms with E-state index < -0.39 is 0 Å². The Bertz CT molecular complexity index is 424. The van der Waals surface area contributed by atoms with E-state index in [-0.39, 0.29) is 5.97 Å². The number of nitrogen functional groups attached to an aromatic ring is 1. The maximum atomic E-state index is 11.6. The van der Waals surface area contributed by atoms with Gasteiger partial charge in [0.1, 0.15) is 0 Å². The Kier molecular flexibility index (Phi) is 6.56. The average Bonchev–Trinajstić information content (AvgIpc) is 2.40. The number of benzene rings is 1. The van der Waals surface area contributed by atoms with Crippen molar-refractivity contribution in [3.05, 3.63) is 23.8 Å². The molecule has 0 saturated heterocycles. The van der Waals surface area contributed by atoms with Gasteiger partial charge in [-0.25, -0.2) is 4.79 Å². The predicted molar refractivity (Wildman–Crippen MR) is 82.9 cm³/mol. The van der Waals surface area contributed by atoms with Crippen LogP contribution in [0.15, 0.2) is 18.2 Å². The zero-order chi connectivity index (χ0) is 14.3. The van der Waals surface area contributed by atoms with Crippen LogP contribution in [0.2, 0.25) is 0 Å². The minimum absolute atomic E-state index is 0.317. The lowest BCUT2D eigenvalue weighted by atomic mass is 10.1. The Morgan fingerprint density at radius 1 is 1.53 bits per heavy atom. The quantitative estimate of drug-likeness (QED) is 0.594. The molecule has 0 aromatic heterocycles. The van der Waals surface area contributed by atoms with Crippen LogP contribution in [-0.2, 0) is 4.74 Å². The van der Waals surface area contributed by atoms with E-state index in [0.29, 0.717) is 23.1 Å². The SMILES string of the molecule is CCOC(=O)c1ccc(N)c(NCCC(C)SC)c1. The lowest BCUT2D eigenvalue weighted by Crippen LogP contribution is -2.11. The Hall–Kier alpha value is -1.36. The summed E-state index contributed by atoms with van der Waals surface area (Å²) in [7, 11) is 0. The molecule has 0 amide bonds. The van der Waals surface area contributed by atoms with Crippen molar-refractivity contribution in [3.8, 4) is 0 Å². The highest BCUT2D eigenvalue weighted by molar-refractivity contribution is 7.99. The second-order valence-corrected chi connectivity index (χ2v) is 5.56. The predicted octanol–water partition coefficient (Wildman–Crippen LogP) is 3.00. The molecule has 4 nitrogen and oxygen atoms in total. The van der Waals surface area contributed by atoms with Crippen molar-refractivity contribution in [2.45, 2.75) is 25.5 Å². The summed E-state index contributed by atoms with van der Waals surface area (Å²) in [5.41, 5.74) is 7.85. The van der Waals surface area contributed by atoms with Gasteiger partial charge >= 0.3 is 5.97 Å². The third-order valence-corrected chi connectivity index (χ3v) is 3.87. The first-order valence-electron chi connectivity index (χ1n) is 6.41. The molecular formula is C14H22N2O2S. The molecule has 0 radical (unpaired) electrons. The van der Waals surface area contributed by atoms with Crippen molar-refractivity contribution < 1.29 is 9.53 Å². The van der Waals surface area contributed by atoms with Crippen LogP contribution in [0.4, 0.5) is 11.4 Å². The molecule has 19 heavy (non-hydrogen) atoms. The molecule has 0 heterocycles. The van der Waals surface area contributed by atoms with Gasteiger partial charge in [-0.15, -0.1) is 0 Å². The topological polar surface area (TPSA) is 64.3 Å². The third kappa shape index (κ3) is 5.03. The van der Waals surface area contributed by atoms with Crippen LogP contribution in [0.1, 0.15) is 30.6 Å². The summed E-state index contributed by atoms with van der Waals surface area (Å²) in [4.78, 5) is 11.6. The molecule has 1 unspecified atom stereocenters. The summed E-state index contributed by atoms with van der Waals surface area (Å²) < 4.78 is 4.97. The zero-order valence-electron chi connectivity index (χ0n) is 11.7. The number of rotatable bonds is 7. The van der Waals surface area contributed by atoms with Gasteiger partial charge in [-0.05, 0) is 37.8 Å². The van der Waals surface area contributed by atoms with Gasteiger partial charge in [-0.2, -0.15) is 11.8 Å². The fourth-order valence-corrected chi connectivity index (χ4v) is 1.93. The first-order chi connectivity index (χ1) is 9.08. The summed E-state index contributed by atoms with van der Waals surface area (Å²) in [5.74, 6) is -0.317. The van der Waals surface area contributed by atoms with Crippen molar-refractivity contribution in [2.24, 2.45) is 0 Å². The van der Waals surface area contributed by atoms with Gasteiger partial charge in [0.05, 0.1) is 23.5 Å². The van der Waals surface area contributed by atoms with Crippen LogP contribution in [0.5, 0.6) is 0 Å². The van der Waals surface area contributed by atoms with E-state index in [0.717, 1.165) is 18.7 Å². The highest BCUT2D eigenvalue weighted by Gasteiger charge is 2.09. The number of thioether (sulfide) groups is 1. The van der Waals surface area contributed by atoms with Crippen LogP contribution in [0, 0.1) is 0 Å². The molecule has 0 spiro atoms. The number of hydrogen-bond acceptors (Lipinski definition) is 5. The average molecular weight is 282 g/mol. The molecule has 3 N–H and O–H groups in total.